The zero-order valence-corrected chi connectivity index (χ0v) is 18.1. The molecule has 0 saturated heterocycles. The van der Waals surface area contributed by atoms with Gasteiger partial charge >= 0.3 is 11.9 Å². The van der Waals surface area contributed by atoms with Gasteiger partial charge in [0.15, 0.2) is 0 Å². The van der Waals surface area contributed by atoms with Crippen LogP contribution in [0.2, 0.25) is 0 Å². The maximum atomic E-state index is 12.6. The summed E-state index contributed by atoms with van der Waals surface area (Å²) in [6.07, 6.45) is 0.336. The Labute approximate surface area is 197 Å². The number of amides is 1. The van der Waals surface area contributed by atoms with E-state index in [0.29, 0.717) is 6.42 Å². The molecule has 1 radical (unpaired) electrons. The van der Waals surface area contributed by atoms with Crippen LogP contribution >= 0.6 is 0 Å². The summed E-state index contributed by atoms with van der Waals surface area (Å²) >= 11 is 0. The van der Waals surface area contributed by atoms with Gasteiger partial charge in [-0.3, -0.25) is 14.4 Å². The first-order valence-corrected chi connectivity index (χ1v) is 7.96. The molecule has 0 aromatic heterocycles. The number of rotatable bonds is 8. The third-order valence-electron chi connectivity index (χ3n) is 5.06. The Morgan fingerprint density at radius 3 is 1.69 bits per heavy atom. The molecule has 0 aromatic carbocycles. The molecule has 0 aliphatic rings. The van der Waals surface area contributed by atoms with Gasteiger partial charge in [-0.05, 0) is 40.0 Å². The Hall–Kier alpha value is -0.850. The Kier molecular flexibility index (Phi) is 30.6. The van der Waals surface area contributed by atoms with E-state index in [4.69, 9.17) is 9.47 Å². The molecule has 6 nitrogen and oxygen atoms in total. The van der Waals surface area contributed by atoms with Crippen molar-refractivity contribution in [3.8, 4) is 0 Å². The minimum atomic E-state index is -1.06. The molecule has 1 amide bonds. The Balaban J connectivity index is -0.000000161. The first kappa shape index (κ1) is 46.4. The quantitative estimate of drug-likeness (QED) is 0.298. The molecule has 29 heavy (non-hydrogen) atoms. The molecular formula is C22H51AuNO5. The second-order valence-corrected chi connectivity index (χ2v) is 6.75. The molecule has 0 aromatic rings. The maximum absolute atomic E-state index is 12.6. The molecule has 0 bridgehead atoms. The zero-order valence-electron chi connectivity index (χ0n) is 15.9. The number of esters is 2. The van der Waals surface area contributed by atoms with Gasteiger partial charge in [-0.1, -0.05) is 51.0 Å². The molecule has 0 fully saturated rings. The standard InChI is InChI=1S/C17H31NO5.5CH4.Au/c1-9-23-15(21)17(6,16(4,5)14(20)18-7)10-11(2)12(3)13(19)22-8;;;;;;/h11-12H,9-10H2,1-8H3,(H,18,20);5*1H4;. The summed E-state index contributed by atoms with van der Waals surface area (Å²) in [6, 6.07) is 0. The van der Waals surface area contributed by atoms with E-state index in [1.165, 1.54) is 14.2 Å². The van der Waals surface area contributed by atoms with E-state index in [-0.39, 0.29) is 89.8 Å². The molecule has 0 aliphatic carbocycles. The largest absolute Gasteiger partial charge is 0.469 e. The zero-order chi connectivity index (χ0) is 18.4. The van der Waals surface area contributed by atoms with E-state index in [9.17, 15) is 14.4 Å². The number of hydrogen-bond acceptors (Lipinski definition) is 5. The molecule has 7 heteroatoms. The number of ether oxygens (including phenoxy) is 2. The van der Waals surface area contributed by atoms with Gasteiger partial charge in [0.1, 0.15) is 0 Å². The van der Waals surface area contributed by atoms with Crippen molar-refractivity contribution in [1.29, 1.82) is 0 Å². The predicted octanol–water partition coefficient (Wildman–Crippen LogP) is 5.34. The van der Waals surface area contributed by atoms with Gasteiger partial charge in [0, 0.05) is 29.4 Å². The third kappa shape index (κ3) is 10.7. The van der Waals surface area contributed by atoms with Crippen LogP contribution < -0.4 is 5.32 Å². The number of hydrogen-bond donors (Lipinski definition) is 1. The molecule has 0 heterocycles. The molecule has 0 aliphatic heterocycles. The topological polar surface area (TPSA) is 81.7 Å². The second-order valence-electron chi connectivity index (χ2n) is 6.75. The van der Waals surface area contributed by atoms with Gasteiger partial charge in [-0.25, -0.2) is 0 Å². The van der Waals surface area contributed by atoms with E-state index in [1.54, 1.807) is 34.6 Å². The molecule has 1 N–H and O–H groups in total. The Morgan fingerprint density at radius 2 is 1.38 bits per heavy atom. The van der Waals surface area contributed by atoms with Gasteiger partial charge < -0.3 is 14.8 Å². The summed E-state index contributed by atoms with van der Waals surface area (Å²) < 4.78 is 10.00. The SMILES string of the molecule is C.C.C.C.C.CCOC(=O)C(C)(CC(C)C(C)C(=O)OC)C(C)(C)C(=O)NC.[Au]. The van der Waals surface area contributed by atoms with E-state index < -0.39 is 16.8 Å². The summed E-state index contributed by atoms with van der Waals surface area (Å²) in [5.41, 5.74) is -2.05. The second kappa shape index (κ2) is 19.1. The van der Waals surface area contributed by atoms with Crippen LogP contribution in [0.5, 0.6) is 0 Å². The fraction of sp³-hybridized carbons (Fsp3) is 0.864. The van der Waals surface area contributed by atoms with Crippen LogP contribution in [-0.2, 0) is 46.2 Å². The van der Waals surface area contributed by atoms with Gasteiger partial charge in [0.2, 0.25) is 5.91 Å². The van der Waals surface area contributed by atoms with Crippen molar-refractivity contribution in [2.24, 2.45) is 22.7 Å². The minimum absolute atomic E-state index is 0. The number of carbonyl (C=O) groups excluding carboxylic acids is 3. The molecule has 3 atom stereocenters. The monoisotopic (exact) mass is 606 g/mol. The normalized spacial score (nSPS) is 13.2. The predicted molar refractivity (Wildman–Crippen MR) is 121 cm³/mol. The van der Waals surface area contributed by atoms with Crippen molar-refractivity contribution in [2.75, 3.05) is 20.8 Å². The van der Waals surface area contributed by atoms with Gasteiger partial charge in [0.25, 0.3) is 0 Å². The first-order valence-electron chi connectivity index (χ1n) is 7.96. The van der Waals surface area contributed by atoms with Crippen molar-refractivity contribution in [1.82, 2.24) is 5.32 Å². The third-order valence-corrected chi connectivity index (χ3v) is 5.06. The van der Waals surface area contributed by atoms with Crippen molar-refractivity contribution in [3.63, 3.8) is 0 Å². The molecule has 0 rings (SSSR count). The maximum Gasteiger partial charge on any atom is 0.312 e. The molecule has 0 saturated carbocycles. The summed E-state index contributed by atoms with van der Waals surface area (Å²) in [5.74, 6) is -1.54. The molecular weight excluding hydrogens is 555 g/mol. The van der Waals surface area contributed by atoms with Gasteiger partial charge in [-0.2, -0.15) is 0 Å². The molecule has 185 valence electrons. The Morgan fingerprint density at radius 1 is 0.966 bits per heavy atom. The van der Waals surface area contributed by atoms with Crippen molar-refractivity contribution < 1.29 is 46.2 Å². The first-order chi connectivity index (χ1) is 10.5. The van der Waals surface area contributed by atoms with Gasteiger partial charge in [-0.15, -0.1) is 0 Å². The fourth-order valence-corrected chi connectivity index (χ4v) is 2.69. The molecule has 0 spiro atoms. The number of methoxy groups -OCH3 is 1. The van der Waals surface area contributed by atoms with Crippen molar-refractivity contribution in [3.05, 3.63) is 0 Å². The number of carbonyl (C=O) groups is 3. The smallest absolute Gasteiger partial charge is 0.312 e. The van der Waals surface area contributed by atoms with Crippen LogP contribution in [0.4, 0.5) is 0 Å². The van der Waals surface area contributed by atoms with Crippen LogP contribution in [0.3, 0.4) is 0 Å². The minimum Gasteiger partial charge on any atom is -0.469 e. The van der Waals surface area contributed by atoms with E-state index in [1.807, 2.05) is 6.92 Å². The van der Waals surface area contributed by atoms with Gasteiger partial charge in [0.05, 0.1) is 30.5 Å². The number of nitrogens with one attached hydrogen (secondary N) is 1. The summed E-state index contributed by atoms with van der Waals surface area (Å²) in [7, 11) is 2.88. The summed E-state index contributed by atoms with van der Waals surface area (Å²) in [6.45, 7) is 10.8. The summed E-state index contributed by atoms with van der Waals surface area (Å²) in [5, 5.41) is 2.61. The van der Waals surface area contributed by atoms with Crippen LogP contribution in [0.1, 0.15) is 85.1 Å². The van der Waals surface area contributed by atoms with E-state index in [2.05, 4.69) is 5.32 Å². The van der Waals surface area contributed by atoms with Crippen molar-refractivity contribution >= 4 is 17.8 Å². The van der Waals surface area contributed by atoms with Crippen LogP contribution in [0.25, 0.3) is 0 Å². The van der Waals surface area contributed by atoms with Crippen molar-refractivity contribution in [2.45, 2.75) is 85.1 Å². The fourth-order valence-electron chi connectivity index (χ4n) is 2.69. The molecule has 3 unspecified atom stereocenters. The summed E-state index contributed by atoms with van der Waals surface area (Å²) in [4.78, 5) is 36.7. The van der Waals surface area contributed by atoms with Crippen LogP contribution in [0, 0.1) is 22.7 Å². The average Bonchev–Trinajstić information content (AvgIpc) is 2.51. The average molecular weight is 607 g/mol. The Bertz CT molecular complexity index is 454. The van der Waals surface area contributed by atoms with Crippen LogP contribution in [-0.4, -0.2) is 38.6 Å². The van der Waals surface area contributed by atoms with E-state index in [0.717, 1.165) is 0 Å². The van der Waals surface area contributed by atoms with E-state index >= 15 is 0 Å². The van der Waals surface area contributed by atoms with Crippen LogP contribution in [0.15, 0.2) is 0 Å².